The fraction of sp³-hybridized carbons (Fsp3) is 0.448. The van der Waals surface area contributed by atoms with E-state index >= 15 is 0 Å². The minimum absolute atomic E-state index is 0.0683. The van der Waals surface area contributed by atoms with E-state index in [9.17, 15) is 4.79 Å². The van der Waals surface area contributed by atoms with Crippen LogP contribution in [0, 0.1) is 19.8 Å². The van der Waals surface area contributed by atoms with Gasteiger partial charge in [-0.2, -0.15) is 0 Å². The number of hydrogen-bond acceptors (Lipinski definition) is 4. The van der Waals surface area contributed by atoms with Gasteiger partial charge in [0.15, 0.2) is 0 Å². The van der Waals surface area contributed by atoms with Gasteiger partial charge in [0, 0.05) is 17.8 Å². The van der Waals surface area contributed by atoms with Crippen LogP contribution in [0.1, 0.15) is 72.3 Å². The molecular formula is C29H37N3O3. The third-order valence-electron chi connectivity index (χ3n) is 6.77. The number of aryl methyl sites for hydroxylation is 2. The topological polar surface area (TPSA) is 65.4 Å². The SMILES string of the molecule is CCOc1cc(C)c(CC(NC(=O)c2ccc(-n3cnc(C)c3)c(OC)c2)C2CC2)cc1C(C)C. The molecule has 2 aromatic carbocycles. The second kappa shape index (κ2) is 10.5. The van der Waals surface area contributed by atoms with Crippen molar-refractivity contribution in [1.82, 2.24) is 14.9 Å². The highest BCUT2D eigenvalue weighted by atomic mass is 16.5. The predicted molar refractivity (Wildman–Crippen MR) is 139 cm³/mol. The molecule has 1 heterocycles. The van der Waals surface area contributed by atoms with Crippen LogP contribution in [0.15, 0.2) is 42.9 Å². The smallest absolute Gasteiger partial charge is 0.251 e. The van der Waals surface area contributed by atoms with Crippen molar-refractivity contribution >= 4 is 5.91 Å². The first-order valence-corrected chi connectivity index (χ1v) is 12.6. The van der Waals surface area contributed by atoms with E-state index in [1.165, 1.54) is 16.7 Å². The molecule has 0 radical (unpaired) electrons. The van der Waals surface area contributed by atoms with Crippen LogP contribution < -0.4 is 14.8 Å². The Bertz CT molecular complexity index is 1190. The average Bonchev–Trinajstić information content (AvgIpc) is 3.59. The molecule has 1 atom stereocenters. The molecule has 0 aliphatic heterocycles. The molecule has 6 heteroatoms. The van der Waals surface area contributed by atoms with Gasteiger partial charge < -0.3 is 19.4 Å². The number of carbonyl (C=O) groups excluding carboxylic acids is 1. The second-order valence-corrected chi connectivity index (χ2v) is 9.83. The summed E-state index contributed by atoms with van der Waals surface area (Å²) in [6, 6.07) is 10.1. The van der Waals surface area contributed by atoms with Crippen molar-refractivity contribution < 1.29 is 14.3 Å². The average molecular weight is 476 g/mol. The normalized spacial score (nSPS) is 14.1. The summed E-state index contributed by atoms with van der Waals surface area (Å²) in [5.41, 5.74) is 6.08. The van der Waals surface area contributed by atoms with Crippen molar-refractivity contribution in [3.8, 4) is 17.2 Å². The van der Waals surface area contributed by atoms with Gasteiger partial charge in [-0.1, -0.05) is 19.9 Å². The largest absolute Gasteiger partial charge is 0.495 e. The predicted octanol–water partition coefficient (Wildman–Crippen LogP) is 5.77. The zero-order valence-electron chi connectivity index (χ0n) is 21.7. The summed E-state index contributed by atoms with van der Waals surface area (Å²) in [6.45, 7) is 11.1. The van der Waals surface area contributed by atoms with Crippen molar-refractivity contribution in [1.29, 1.82) is 0 Å². The molecule has 3 aromatic rings. The lowest BCUT2D eigenvalue weighted by Crippen LogP contribution is -2.38. The highest BCUT2D eigenvalue weighted by Gasteiger charge is 2.33. The first kappa shape index (κ1) is 24.8. The van der Waals surface area contributed by atoms with Gasteiger partial charge in [0.25, 0.3) is 5.91 Å². The molecule has 1 amide bonds. The lowest BCUT2D eigenvalue weighted by atomic mass is 9.92. The Morgan fingerprint density at radius 3 is 2.54 bits per heavy atom. The van der Waals surface area contributed by atoms with Crippen LogP contribution in [0.2, 0.25) is 0 Å². The molecule has 1 aliphatic rings. The standard InChI is InChI=1S/C29H37N3O3/c1-7-35-27-12-19(4)23(13-24(27)18(2)3)14-25(21-8-9-21)31-29(33)22-10-11-26(28(15-22)34-6)32-16-20(5)30-17-32/h10-13,15-18,21,25H,7-9,14H2,1-6H3,(H,31,33). The number of imidazole rings is 1. The van der Waals surface area contributed by atoms with Crippen molar-refractivity contribution in [3.63, 3.8) is 0 Å². The van der Waals surface area contributed by atoms with E-state index in [0.717, 1.165) is 36.4 Å². The molecule has 0 saturated heterocycles. The Labute approximate surface area is 208 Å². The summed E-state index contributed by atoms with van der Waals surface area (Å²) in [4.78, 5) is 17.6. The summed E-state index contributed by atoms with van der Waals surface area (Å²) >= 11 is 0. The number of ether oxygens (including phenoxy) is 2. The Morgan fingerprint density at radius 1 is 1.17 bits per heavy atom. The van der Waals surface area contributed by atoms with Crippen molar-refractivity contribution in [2.75, 3.05) is 13.7 Å². The Hall–Kier alpha value is -3.28. The zero-order chi connectivity index (χ0) is 25.1. The summed E-state index contributed by atoms with van der Waals surface area (Å²) in [7, 11) is 1.62. The molecule has 35 heavy (non-hydrogen) atoms. The van der Waals surface area contributed by atoms with Gasteiger partial charge in [-0.15, -0.1) is 0 Å². The van der Waals surface area contributed by atoms with Gasteiger partial charge >= 0.3 is 0 Å². The molecule has 6 nitrogen and oxygen atoms in total. The number of hydrogen-bond donors (Lipinski definition) is 1. The first-order valence-electron chi connectivity index (χ1n) is 12.6. The van der Waals surface area contributed by atoms with Crippen LogP contribution in [-0.4, -0.2) is 35.2 Å². The van der Waals surface area contributed by atoms with Crippen molar-refractivity contribution in [3.05, 3.63) is 70.8 Å². The van der Waals surface area contributed by atoms with Crippen LogP contribution in [0.5, 0.6) is 11.5 Å². The minimum atomic E-state index is -0.0683. The molecule has 4 rings (SSSR count). The number of aromatic nitrogens is 2. The molecule has 1 saturated carbocycles. The molecule has 0 bridgehead atoms. The summed E-state index contributed by atoms with van der Waals surface area (Å²) in [6.07, 6.45) is 6.81. The lowest BCUT2D eigenvalue weighted by Gasteiger charge is -2.22. The maximum atomic E-state index is 13.3. The number of carbonyl (C=O) groups is 1. The van der Waals surface area contributed by atoms with Gasteiger partial charge in [-0.25, -0.2) is 4.98 Å². The maximum Gasteiger partial charge on any atom is 0.251 e. The lowest BCUT2D eigenvalue weighted by molar-refractivity contribution is 0.0931. The third kappa shape index (κ3) is 5.69. The number of rotatable bonds is 10. The van der Waals surface area contributed by atoms with E-state index in [4.69, 9.17) is 9.47 Å². The Balaban J connectivity index is 1.55. The van der Waals surface area contributed by atoms with E-state index in [1.807, 2.05) is 42.8 Å². The van der Waals surface area contributed by atoms with Gasteiger partial charge in [-0.05, 0) is 92.8 Å². The maximum absolute atomic E-state index is 13.3. The van der Waals surface area contributed by atoms with E-state index < -0.39 is 0 Å². The van der Waals surface area contributed by atoms with E-state index in [2.05, 4.69) is 43.2 Å². The molecule has 1 aliphatic carbocycles. The highest BCUT2D eigenvalue weighted by molar-refractivity contribution is 5.95. The van der Waals surface area contributed by atoms with Crippen molar-refractivity contribution in [2.45, 2.75) is 65.8 Å². The fourth-order valence-corrected chi connectivity index (χ4v) is 4.60. The van der Waals surface area contributed by atoms with E-state index in [-0.39, 0.29) is 11.9 Å². The molecule has 0 spiro atoms. The molecule has 1 aromatic heterocycles. The molecule has 1 fully saturated rings. The van der Waals surface area contributed by atoms with Crippen LogP contribution in [-0.2, 0) is 6.42 Å². The molecule has 1 unspecified atom stereocenters. The number of benzene rings is 2. The van der Waals surface area contributed by atoms with Crippen LogP contribution in [0.4, 0.5) is 0 Å². The Kier molecular flexibility index (Phi) is 7.48. The van der Waals surface area contributed by atoms with E-state index in [0.29, 0.717) is 29.8 Å². The number of methoxy groups -OCH3 is 1. The summed E-state index contributed by atoms with van der Waals surface area (Å²) < 4.78 is 13.4. The molecular weight excluding hydrogens is 438 g/mol. The van der Waals surface area contributed by atoms with Crippen molar-refractivity contribution in [2.24, 2.45) is 5.92 Å². The van der Waals surface area contributed by atoms with Gasteiger partial charge in [0.2, 0.25) is 0 Å². The van der Waals surface area contributed by atoms with Crippen LogP contribution >= 0.6 is 0 Å². The van der Waals surface area contributed by atoms with Crippen LogP contribution in [0.3, 0.4) is 0 Å². The van der Waals surface area contributed by atoms with Crippen LogP contribution in [0.25, 0.3) is 5.69 Å². The molecule has 1 N–H and O–H groups in total. The number of nitrogens with zero attached hydrogens (tertiary/aromatic N) is 2. The number of nitrogens with one attached hydrogen (secondary N) is 1. The number of amides is 1. The Morgan fingerprint density at radius 2 is 1.94 bits per heavy atom. The second-order valence-electron chi connectivity index (χ2n) is 9.83. The van der Waals surface area contributed by atoms with Gasteiger partial charge in [0.1, 0.15) is 11.5 Å². The highest BCUT2D eigenvalue weighted by Crippen LogP contribution is 2.36. The van der Waals surface area contributed by atoms with Gasteiger partial charge in [0.05, 0.1) is 31.4 Å². The third-order valence-corrected chi connectivity index (χ3v) is 6.77. The monoisotopic (exact) mass is 475 g/mol. The first-order chi connectivity index (χ1) is 16.8. The molecule has 186 valence electrons. The summed E-state index contributed by atoms with van der Waals surface area (Å²) in [5, 5.41) is 3.33. The van der Waals surface area contributed by atoms with E-state index in [1.54, 1.807) is 13.4 Å². The minimum Gasteiger partial charge on any atom is -0.495 e. The van der Waals surface area contributed by atoms with Gasteiger partial charge in [-0.3, -0.25) is 4.79 Å². The fourth-order valence-electron chi connectivity index (χ4n) is 4.60. The quantitative estimate of drug-likeness (QED) is 0.404. The zero-order valence-corrected chi connectivity index (χ0v) is 21.7. The summed E-state index contributed by atoms with van der Waals surface area (Å²) in [5.74, 6) is 2.43.